The van der Waals surface area contributed by atoms with Gasteiger partial charge in [0.25, 0.3) is 0 Å². The maximum atomic E-state index is 6.07. The van der Waals surface area contributed by atoms with Gasteiger partial charge in [-0.2, -0.15) is 11.3 Å². The highest BCUT2D eigenvalue weighted by atomic mass is 32.1. The molecule has 1 N–H and O–H groups in total. The van der Waals surface area contributed by atoms with Crippen molar-refractivity contribution in [1.29, 1.82) is 0 Å². The number of nitrogens with one attached hydrogen (secondary N) is 1. The molecule has 1 aromatic rings. The molecule has 3 nitrogen and oxygen atoms in total. The van der Waals surface area contributed by atoms with Crippen molar-refractivity contribution in [3.63, 3.8) is 0 Å². The molecule has 1 aromatic heterocycles. The molecule has 1 aliphatic heterocycles. The van der Waals surface area contributed by atoms with Crippen molar-refractivity contribution in [3.8, 4) is 0 Å². The third-order valence-corrected chi connectivity index (χ3v) is 4.73. The van der Waals surface area contributed by atoms with Crippen molar-refractivity contribution >= 4 is 11.3 Å². The van der Waals surface area contributed by atoms with E-state index in [0.29, 0.717) is 18.2 Å². The van der Waals surface area contributed by atoms with Crippen LogP contribution in [0.5, 0.6) is 0 Å². The van der Waals surface area contributed by atoms with E-state index < -0.39 is 0 Å². The fourth-order valence-electron chi connectivity index (χ4n) is 2.74. The van der Waals surface area contributed by atoms with E-state index >= 15 is 0 Å². The zero-order valence-corrected chi connectivity index (χ0v) is 13.8. The molecule has 0 spiro atoms. The van der Waals surface area contributed by atoms with Crippen molar-refractivity contribution in [2.24, 2.45) is 0 Å². The van der Waals surface area contributed by atoms with Crippen LogP contribution in [0.2, 0.25) is 0 Å². The summed E-state index contributed by atoms with van der Waals surface area (Å²) in [6.07, 6.45) is 2.54. The van der Waals surface area contributed by atoms with Crippen molar-refractivity contribution in [3.05, 3.63) is 22.4 Å². The van der Waals surface area contributed by atoms with E-state index in [9.17, 15) is 0 Å². The average molecular weight is 296 g/mol. The van der Waals surface area contributed by atoms with Crippen molar-refractivity contribution in [2.45, 2.75) is 51.8 Å². The van der Waals surface area contributed by atoms with E-state index in [2.05, 4.69) is 47.8 Å². The zero-order chi connectivity index (χ0) is 14.4. The lowest BCUT2D eigenvalue weighted by molar-refractivity contribution is -0.0551. The van der Waals surface area contributed by atoms with E-state index in [4.69, 9.17) is 4.74 Å². The van der Waals surface area contributed by atoms with Gasteiger partial charge in [-0.3, -0.25) is 4.90 Å². The summed E-state index contributed by atoms with van der Waals surface area (Å²) in [6.45, 7) is 10.8. The Labute approximate surface area is 127 Å². The maximum absolute atomic E-state index is 6.07. The van der Waals surface area contributed by atoms with Gasteiger partial charge in [0.05, 0.1) is 12.7 Å². The van der Waals surface area contributed by atoms with Gasteiger partial charge in [-0.25, -0.2) is 0 Å². The lowest BCUT2D eigenvalue weighted by atomic mass is 10.0. The average Bonchev–Trinajstić information content (AvgIpc) is 2.96. The van der Waals surface area contributed by atoms with E-state index in [1.807, 2.05) is 0 Å². The number of hydrogen-bond acceptors (Lipinski definition) is 4. The molecular weight excluding hydrogens is 268 g/mol. The summed E-state index contributed by atoms with van der Waals surface area (Å²) in [6, 6.07) is 3.26. The van der Waals surface area contributed by atoms with Crippen LogP contribution in [0.25, 0.3) is 0 Å². The first-order chi connectivity index (χ1) is 9.70. The number of rotatable bonds is 7. The van der Waals surface area contributed by atoms with E-state index in [-0.39, 0.29) is 0 Å². The highest BCUT2D eigenvalue weighted by Gasteiger charge is 2.29. The SMILES string of the molecule is CCCNC(Cc1ccsc1)C1CN(C(C)C)CCO1. The number of morpholine rings is 1. The minimum Gasteiger partial charge on any atom is -0.374 e. The molecule has 2 rings (SSSR count). The Balaban J connectivity index is 1.97. The number of ether oxygens (including phenoxy) is 1. The molecule has 4 heteroatoms. The maximum Gasteiger partial charge on any atom is 0.0858 e. The largest absolute Gasteiger partial charge is 0.374 e. The van der Waals surface area contributed by atoms with Gasteiger partial charge in [0.2, 0.25) is 0 Å². The lowest BCUT2D eigenvalue weighted by Crippen LogP contribution is -2.54. The Morgan fingerprint density at radius 1 is 1.50 bits per heavy atom. The molecule has 2 atom stereocenters. The summed E-state index contributed by atoms with van der Waals surface area (Å²) >= 11 is 1.78. The van der Waals surface area contributed by atoms with Gasteiger partial charge in [0.15, 0.2) is 0 Å². The van der Waals surface area contributed by atoms with Crippen LogP contribution in [0.4, 0.5) is 0 Å². The summed E-state index contributed by atoms with van der Waals surface area (Å²) in [5, 5.41) is 8.10. The van der Waals surface area contributed by atoms with Gasteiger partial charge >= 0.3 is 0 Å². The summed E-state index contributed by atoms with van der Waals surface area (Å²) in [5.74, 6) is 0. The van der Waals surface area contributed by atoms with E-state index in [0.717, 1.165) is 32.7 Å². The van der Waals surface area contributed by atoms with Crippen LogP contribution in [0.3, 0.4) is 0 Å². The van der Waals surface area contributed by atoms with Gasteiger partial charge in [-0.15, -0.1) is 0 Å². The summed E-state index contributed by atoms with van der Waals surface area (Å²) in [4.78, 5) is 2.53. The zero-order valence-electron chi connectivity index (χ0n) is 13.0. The third kappa shape index (κ3) is 4.55. The van der Waals surface area contributed by atoms with Gasteiger partial charge in [-0.05, 0) is 55.6 Å². The molecular formula is C16H28N2OS. The summed E-state index contributed by atoms with van der Waals surface area (Å²) < 4.78 is 6.07. The number of hydrogen-bond donors (Lipinski definition) is 1. The standard InChI is InChI=1S/C16H28N2OS/c1-4-6-17-15(10-14-5-9-20-12-14)16-11-18(13(2)3)7-8-19-16/h5,9,12-13,15-17H,4,6-8,10-11H2,1-3H3. The molecule has 1 fully saturated rings. The van der Waals surface area contributed by atoms with Gasteiger partial charge in [-0.1, -0.05) is 6.92 Å². The van der Waals surface area contributed by atoms with Crippen LogP contribution in [-0.4, -0.2) is 49.3 Å². The monoisotopic (exact) mass is 296 g/mol. The van der Waals surface area contributed by atoms with Crippen molar-refractivity contribution in [1.82, 2.24) is 10.2 Å². The topological polar surface area (TPSA) is 24.5 Å². The number of thiophene rings is 1. The number of nitrogens with zero attached hydrogens (tertiary/aromatic N) is 1. The second kappa shape index (κ2) is 8.13. The van der Waals surface area contributed by atoms with E-state index in [1.54, 1.807) is 11.3 Å². The molecule has 0 saturated carbocycles. The summed E-state index contributed by atoms with van der Waals surface area (Å²) in [5.41, 5.74) is 1.42. The minimum absolute atomic E-state index is 0.303. The highest BCUT2D eigenvalue weighted by molar-refractivity contribution is 7.07. The molecule has 0 bridgehead atoms. The molecule has 1 aliphatic rings. The Hall–Kier alpha value is -0.420. The molecule has 20 heavy (non-hydrogen) atoms. The smallest absolute Gasteiger partial charge is 0.0858 e. The van der Waals surface area contributed by atoms with Gasteiger partial charge in [0.1, 0.15) is 0 Å². The van der Waals surface area contributed by atoms with Crippen molar-refractivity contribution < 1.29 is 4.74 Å². The second-order valence-electron chi connectivity index (χ2n) is 5.89. The van der Waals surface area contributed by atoms with Gasteiger partial charge in [0, 0.05) is 25.2 Å². The quantitative estimate of drug-likeness (QED) is 0.837. The summed E-state index contributed by atoms with van der Waals surface area (Å²) in [7, 11) is 0. The molecule has 1 saturated heterocycles. The molecule has 0 aromatic carbocycles. The Kier molecular flexibility index (Phi) is 6.49. The fraction of sp³-hybridized carbons (Fsp3) is 0.750. The van der Waals surface area contributed by atoms with Crippen LogP contribution in [-0.2, 0) is 11.2 Å². The Bertz CT molecular complexity index is 367. The Morgan fingerprint density at radius 3 is 3.00 bits per heavy atom. The molecule has 0 amide bonds. The van der Waals surface area contributed by atoms with Crippen LogP contribution >= 0.6 is 11.3 Å². The third-order valence-electron chi connectivity index (χ3n) is 4.00. The molecule has 2 heterocycles. The molecule has 0 radical (unpaired) electrons. The first-order valence-corrected chi connectivity index (χ1v) is 8.75. The van der Waals surface area contributed by atoms with Gasteiger partial charge < -0.3 is 10.1 Å². The lowest BCUT2D eigenvalue weighted by Gasteiger charge is -2.39. The first-order valence-electron chi connectivity index (χ1n) is 7.80. The molecule has 114 valence electrons. The molecule has 2 unspecified atom stereocenters. The fourth-order valence-corrected chi connectivity index (χ4v) is 3.42. The van der Waals surface area contributed by atoms with Crippen LogP contribution in [0.15, 0.2) is 16.8 Å². The minimum atomic E-state index is 0.303. The predicted molar refractivity (Wildman–Crippen MR) is 86.6 cm³/mol. The van der Waals surface area contributed by atoms with Crippen molar-refractivity contribution in [2.75, 3.05) is 26.2 Å². The predicted octanol–water partition coefficient (Wildman–Crippen LogP) is 2.77. The highest BCUT2D eigenvalue weighted by Crippen LogP contribution is 2.16. The van der Waals surface area contributed by atoms with E-state index in [1.165, 1.54) is 12.0 Å². The first kappa shape index (κ1) is 16.0. The molecule has 0 aliphatic carbocycles. The van der Waals surface area contributed by atoms with Crippen LogP contribution in [0, 0.1) is 0 Å². The second-order valence-corrected chi connectivity index (χ2v) is 6.67. The van der Waals surface area contributed by atoms with Crippen LogP contribution in [0.1, 0.15) is 32.8 Å². The van der Waals surface area contributed by atoms with Crippen LogP contribution < -0.4 is 5.32 Å². The normalized spacial score (nSPS) is 22.3. The Morgan fingerprint density at radius 2 is 2.35 bits per heavy atom.